The summed E-state index contributed by atoms with van der Waals surface area (Å²) in [5.41, 5.74) is 16.5. The third-order valence-electron chi connectivity index (χ3n) is 7.86. The van der Waals surface area contributed by atoms with Crippen molar-refractivity contribution < 1.29 is 20.4 Å². The van der Waals surface area contributed by atoms with Crippen molar-refractivity contribution in [1.29, 1.82) is 0 Å². The molecule has 2 aromatic rings. The van der Waals surface area contributed by atoms with Crippen molar-refractivity contribution in [2.24, 2.45) is 0 Å². The first-order chi connectivity index (χ1) is 14.6. The van der Waals surface area contributed by atoms with Gasteiger partial charge in [-0.2, -0.15) is 0 Å². The summed E-state index contributed by atoms with van der Waals surface area (Å²) in [7, 11) is 0. The molecule has 2 aromatic carbocycles. The van der Waals surface area contributed by atoms with Crippen LogP contribution in [0.5, 0.6) is 0 Å². The van der Waals surface area contributed by atoms with Crippen molar-refractivity contribution in [3.63, 3.8) is 0 Å². The number of hydrogen-bond acceptors (Lipinski definition) is 0. The van der Waals surface area contributed by atoms with Crippen LogP contribution in [0.1, 0.15) is 64.7 Å². The van der Waals surface area contributed by atoms with E-state index >= 15 is 0 Å². The molecular weight excluding hydrogens is 468 g/mol. The van der Waals surface area contributed by atoms with Crippen molar-refractivity contribution in [2.75, 3.05) is 0 Å². The quantitative estimate of drug-likeness (QED) is 0.369. The molecule has 2 heteroatoms. The average Bonchev–Trinajstić information content (AvgIpc) is 3.18. The zero-order valence-electron chi connectivity index (χ0n) is 20.7. The Labute approximate surface area is 197 Å². The summed E-state index contributed by atoms with van der Waals surface area (Å²) in [5.74, 6) is 0. The first-order valence-electron chi connectivity index (χ1n) is 11.5. The molecule has 0 saturated heterocycles. The van der Waals surface area contributed by atoms with Gasteiger partial charge in [-0.1, -0.05) is 0 Å². The Morgan fingerprint density at radius 3 is 2.00 bits per heavy atom. The second-order valence-electron chi connectivity index (χ2n) is 9.90. The average molecular weight is 504 g/mol. The Morgan fingerprint density at radius 2 is 1.39 bits per heavy atom. The number of benzene rings is 2. The molecule has 0 N–H and O–H groups in total. The van der Waals surface area contributed by atoms with E-state index < -0.39 is 20.4 Å². The van der Waals surface area contributed by atoms with E-state index in [0.717, 1.165) is 3.63 Å². The molecule has 2 aliphatic rings. The second kappa shape index (κ2) is 8.60. The summed E-state index contributed by atoms with van der Waals surface area (Å²) in [6.07, 6.45) is 2.72. The maximum atomic E-state index is 2.72. The summed E-state index contributed by atoms with van der Waals surface area (Å²) in [6, 6.07) is 14.1. The van der Waals surface area contributed by atoms with Crippen molar-refractivity contribution in [3.8, 4) is 0 Å². The Morgan fingerprint density at radius 1 is 0.774 bits per heavy atom. The van der Waals surface area contributed by atoms with Gasteiger partial charge in [0.25, 0.3) is 0 Å². The standard InChI is InChI=1S/C18H17.C9H13.C2H6Si.Zr/c1-12-10-13(2)14(3)18(11-12)17-9-8-15-6-4-5-7-16(15)17;1-6-5-7(2)9(4)8(6)3;1-3-2;/h4-11H,1-3H3;5H,1-4H3;1-2H3;. The number of fused-ring (bicyclic) bond motifs is 1. The summed E-state index contributed by atoms with van der Waals surface area (Å²) in [4.78, 5) is 0. The maximum absolute atomic E-state index is 2.72. The molecule has 0 heterocycles. The van der Waals surface area contributed by atoms with Gasteiger partial charge in [-0.05, 0) is 0 Å². The van der Waals surface area contributed by atoms with Gasteiger partial charge < -0.3 is 0 Å². The van der Waals surface area contributed by atoms with Gasteiger partial charge in [0.1, 0.15) is 0 Å². The third kappa shape index (κ3) is 3.79. The van der Waals surface area contributed by atoms with Crippen LogP contribution in [-0.2, 0) is 20.4 Å². The van der Waals surface area contributed by atoms with Gasteiger partial charge in [-0.3, -0.25) is 0 Å². The molecule has 4 rings (SSSR count). The summed E-state index contributed by atoms with van der Waals surface area (Å²) < 4.78 is 1.46. The Hall–Kier alpha value is -1.24. The van der Waals surface area contributed by atoms with Crippen molar-refractivity contribution in [2.45, 2.75) is 68.8 Å². The third-order valence-corrected chi connectivity index (χ3v) is 27.6. The predicted molar refractivity (Wildman–Crippen MR) is 135 cm³/mol. The van der Waals surface area contributed by atoms with Crippen molar-refractivity contribution in [3.05, 3.63) is 98.1 Å². The molecule has 0 amide bonds. The minimum absolute atomic E-state index is 0.339. The SMILES string of the molecule is CC1=C(C)[CH]([Zr]([CH]2C=C(c3cc(C)cc(C)c3C)c3ccccc32)=[Si](C)C)C(C)=C1C. The summed E-state index contributed by atoms with van der Waals surface area (Å²) >= 11 is -1.88. The Balaban J connectivity index is 1.95. The number of allylic oxidation sites excluding steroid dienone is 5. The van der Waals surface area contributed by atoms with Crippen LogP contribution in [0.4, 0.5) is 0 Å². The fourth-order valence-electron chi connectivity index (χ4n) is 5.77. The number of aryl methyl sites for hydroxylation is 2. The zero-order valence-corrected chi connectivity index (χ0v) is 24.2. The van der Waals surface area contributed by atoms with Gasteiger partial charge in [0.05, 0.1) is 0 Å². The molecule has 2 aliphatic carbocycles. The van der Waals surface area contributed by atoms with Crippen molar-refractivity contribution >= 4 is 11.0 Å². The Kier molecular flexibility index (Phi) is 6.36. The Bertz CT molecular complexity index is 1190. The number of hydrogen-bond donors (Lipinski definition) is 0. The zero-order chi connectivity index (χ0) is 22.6. The molecule has 0 spiro atoms. The van der Waals surface area contributed by atoms with Crippen LogP contribution in [0.25, 0.3) is 5.57 Å². The predicted octanol–water partition coefficient (Wildman–Crippen LogP) is 8.44. The molecule has 0 saturated carbocycles. The fourth-order valence-corrected chi connectivity index (χ4v) is 26.3. The van der Waals surface area contributed by atoms with E-state index in [9.17, 15) is 0 Å². The van der Waals surface area contributed by atoms with E-state index in [1.165, 1.54) is 33.4 Å². The van der Waals surface area contributed by atoms with Crippen LogP contribution >= 0.6 is 0 Å². The molecule has 0 radical (unpaired) electrons. The molecule has 0 aliphatic heterocycles. The van der Waals surface area contributed by atoms with Gasteiger partial charge in [-0.25, -0.2) is 0 Å². The normalized spacial score (nSPS) is 18.6. The fraction of sp³-hybridized carbons (Fsp3) is 0.379. The van der Waals surface area contributed by atoms with E-state index in [1.54, 1.807) is 27.9 Å². The first-order valence-corrected chi connectivity index (χ1v) is 20.6. The van der Waals surface area contributed by atoms with E-state index in [-0.39, 0.29) is 5.43 Å². The molecule has 1 atom stereocenters. The molecular formula is C29H36SiZr. The van der Waals surface area contributed by atoms with Gasteiger partial charge in [-0.15, -0.1) is 0 Å². The minimum atomic E-state index is -1.88. The van der Waals surface area contributed by atoms with Crippen molar-refractivity contribution in [1.82, 2.24) is 0 Å². The van der Waals surface area contributed by atoms with Crippen LogP contribution in [-0.4, -0.2) is 5.43 Å². The van der Waals surface area contributed by atoms with Crippen LogP contribution in [0, 0.1) is 20.8 Å². The van der Waals surface area contributed by atoms with Crippen LogP contribution in [0.15, 0.2) is 64.8 Å². The molecule has 0 nitrogen and oxygen atoms in total. The van der Waals surface area contributed by atoms with Gasteiger partial charge in [0, 0.05) is 0 Å². The molecule has 160 valence electrons. The van der Waals surface area contributed by atoms with Gasteiger partial charge in [0.15, 0.2) is 0 Å². The molecule has 0 bridgehead atoms. The molecule has 0 aromatic heterocycles. The number of rotatable bonds is 3. The van der Waals surface area contributed by atoms with Crippen LogP contribution < -0.4 is 0 Å². The summed E-state index contributed by atoms with van der Waals surface area (Å²) in [5, 5.41) is 0. The van der Waals surface area contributed by atoms with E-state index in [1.807, 2.05) is 0 Å². The van der Waals surface area contributed by atoms with E-state index in [2.05, 4.69) is 104 Å². The van der Waals surface area contributed by atoms with E-state index in [4.69, 9.17) is 0 Å². The van der Waals surface area contributed by atoms with Gasteiger partial charge >= 0.3 is 198 Å². The summed E-state index contributed by atoms with van der Waals surface area (Å²) in [6.45, 7) is 21.6. The first kappa shape index (κ1) is 22.9. The van der Waals surface area contributed by atoms with Crippen LogP contribution in [0.2, 0.25) is 16.7 Å². The molecule has 0 fully saturated rings. The topological polar surface area (TPSA) is 0 Å². The molecule has 31 heavy (non-hydrogen) atoms. The second-order valence-corrected chi connectivity index (χ2v) is 27.9. The van der Waals surface area contributed by atoms with Crippen LogP contribution in [0.3, 0.4) is 0 Å². The molecule has 1 unspecified atom stereocenters. The monoisotopic (exact) mass is 502 g/mol. The van der Waals surface area contributed by atoms with E-state index in [0.29, 0.717) is 3.63 Å². The van der Waals surface area contributed by atoms with Gasteiger partial charge in [0.2, 0.25) is 0 Å².